The van der Waals surface area contributed by atoms with Gasteiger partial charge in [-0.3, -0.25) is 5.32 Å². The number of thiazole rings is 1. The molecule has 3 heterocycles. The summed E-state index contributed by atoms with van der Waals surface area (Å²) in [4.78, 5) is 9.26. The Hall–Kier alpha value is -1.24. The average molecular weight is 335 g/mol. The highest BCUT2D eigenvalue weighted by Crippen LogP contribution is 2.34. The van der Waals surface area contributed by atoms with Crippen molar-refractivity contribution in [1.82, 2.24) is 15.3 Å². The van der Waals surface area contributed by atoms with E-state index in [9.17, 15) is 0 Å². The van der Waals surface area contributed by atoms with Crippen LogP contribution in [0.25, 0.3) is 0 Å². The van der Waals surface area contributed by atoms with Gasteiger partial charge in [0.15, 0.2) is 5.89 Å². The Morgan fingerprint density at radius 1 is 1.26 bits per heavy atom. The topological polar surface area (TPSA) is 60.2 Å². The molecular formula is C17H25N3O2S. The second-order valence-electron chi connectivity index (χ2n) is 6.56. The van der Waals surface area contributed by atoms with E-state index in [1.165, 1.54) is 0 Å². The van der Waals surface area contributed by atoms with Gasteiger partial charge < -0.3 is 9.15 Å². The minimum atomic E-state index is -0.117. The lowest BCUT2D eigenvalue weighted by Gasteiger charge is -2.36. The molecule has 2 aromatic rings. The van der Waals surface area contributed by atoms with Gasteiger partial charge in [-0.1, -0.05) is 13.8 Å². The first-order valence-corrected chi connectivity index (χ1v) is 9.10. The van der Waals surface area contributed by atoms with Crippen molar-refractivity contribution < 1.29 is 9.15 Å². The summed E-state index contributed by atoms with van der Waals surface area (Å²) < 4.78 is 11.5. The summed E-state index contributed by atoms with van der Waals surface area (Å²) >= 11 is 1.73. The summed E-state index contributed by atoms with van der Waals surface area (Å²) in [6.45, 7) is 10.4. The number of hydrogen-bond acceptors (Lipinski definition) is 6. The third-order valence-corrected chi connectivity index (χ3v) is 5.53. The summed E-state index contributed by atoms with van der Waals surface area (Å²) in [6.07, 6.45) is 1.87. The van der Waals surface area contributed by atoms with Crippen LogP contribution in [0.15, 0.2) is 9.80 Å². The number of nitrogens with zero attached hydrogens (tertiary/aromatic N) is 2. The van der Waals surface area contributed by atoms with E-state index in [2.05, 4.69) is 29.5 Å². The number of hydrogen-bond donors (Lipinski definition) is 1. The molecule has 5 nitrogen and oxygen atoms in total. The molecule has 6 heteroatoms. The molecule has 23 heavy (non-hydrogen) atoms. The molecule has 3 rings (SSSR count). The van der Waals surface area contributed by atoms with E-state index in [1.807, 2.05) is 13.8 Å². The maximum atomic E-state index is 5.93. The molecule has 1 fully saturated rings. The Kier molecular flexibility index (Phi) is 4.85. The molecule has 0 bridgehead atoms. The van der Waals surface area contributed by atoms with Crippen molar-refractivity contribution >= 4 is 11.3 Å². The van der Waals surface area contributed by atoms with Gasteiger partial charge in [0.25, 0.3) is 0 Å². The van der Waals surface area contributed by atoms with E-state index in [-0.39, 0.29) is 5.54 Å². The standard InChI is InChI=1S/C17H25N3O2S/c1-11(2)15-20-13(4)14(22-15)9-18-17(5-7-21-8-6-17)16-19-12(3)10-23-16/h10-11,18H,5-9H2,1-4H3. The van der Waals surface area contributed by atoms with Crippen molar-refractivity contribution in [3.05, 3.63) is 33.4 Å². The lowest BCUT2D eigenvalue weighted by Crippen LogP contribution is -2.46. The summed E-state index contributed by atoms with van der Waals surface area (Å²) in [7, 11) is 0. The molecule has 0 aromatic carbocycles. The fraction of sp³-hybridized carbons (Fsp3) is 0.647. The molecular weight excluding hydrogens is 310 g/mol. The van der Waals surface area contributed by atoms with Crippen LogP contribution in [0.2, 0.25) is 0 Å². The second kappa shape index (κ2) is 6.71. The van der Waals surface area contributed by atoms with Gasteiger partial charge in [0.1, 0.15) is 10.8 Å². The first-order valence-electron chi connectivity index (χ1n) is 8.22. The van der Waals surface area contributed by atoms with Crippen LogP contribution < -0.4 is 5.32 Å². The van der Waals surface area contributed by atoms with Crippen LogP contribution in [0.1, 0.15) is 60.7 Å². The van der Waals surface area contributed by atoms with Gasteiger partial charge in [-0.15, -0.1) is 11.3 Å². The minimum Gasteiger partial charge on any atom is -0.444 e. The zero-order chi connectivity index (χ0) is 16.4. The third kappa shape index (κ3) is 3.49. The van der Waals surface area contributed by atoms with Crippen LogP contribution in [-0.2, 0) is 16.8 Å². The van der Waals surface area contributed by atoms with Crippen molar-refractivity contribution in [1.29, 1.82) is 0 Å². The number of aromatic nitrogens is 2. The molecule has 0 radical (unpaired) electrons. The molecule has 1 aliphatic heterocycles. The molecule has 1 N–H and O–H groups in total. The largest absolute Gasteiger partial charge is 0.444 e. The van der Waals surface area contributed by atoms with Crippen LogP contribution in [0.3, 0.4) is 0 Å². The molecule has 1 saturated heterocycles. The minimum absolute atomic E-state index is 0.117. The highest BCUT2D eigenvalue weighted by molar-refractivity contribution is 7.09. The Morgan fingerprint density at radius 3 is 2.57 bits per heavy atom. The molecule has 1 aliphatic rings. The lowest BCUT2D eigenvalue weighted by molar-refractivity contribution is 0.0348. The number of ether oxygens (including phenoxy) is 1. The van der Waals surface area contributed by atoms with Crippen LogP contribution in [-0.4, -0.2) is 23.2 Å². The van der Waals surface area contributed by atoms with Gasteiger partial charge >= 0.3 is 0 Å². The summed E-state index contributed by atoms with van der Waals surface area (Å²) in [5.41, 5.74) is 1.93. The van der Waals surface area contributed by atoms with E-state index in [4.69, 9.17) is 14.1 Å². The summed E-state index contributed by atoms with van der Waals surface area (Å²) in [5.74, 6) is 2.04. The van der Waals surface area contributed by atoms with Crippen LogP contribution in [0.4, 0.5) is 0 Å². The van der Waals surface area contributed by atoms with E-state index < -0.39 is 0 Å². The summed E-state index contributed by atoms with van der Waals surface area (Å²) in [6, 6.07) is 0. The Labute approximate surface area is 141 Å². The van der Waals surface area contributed by atoms with Gasteiger partial charge in [0.05, 0.1) is 17.8 Å². The van der Waals surface area contributed by atoms with Gasteiger partial charge in [-0.25, -0.2) is 9.97 Å². The van der Waals surface area contributed by atoms with E-state index >= 15 is 0 Å². The molecule has 0 unspecified atom stereocenters. The molecule has 0 atom stereocenters. The van der Waals surface area contributed by atoms with Crippen molar-refractivity contribution in [3.8, 4) is 0 Å². The van der Waals surface area contributed by atoms with E-state index in [0.29, 0.717) is 12.5 Å². The van der Waals surface area contributed by atoms with Crippen molar-refractivity contribution in [2.75, 3.05) is 13.2 Å². The predicted molar refractivity (Wildman–Crippen MR) is 90.8 cm³/mol. The van der Waals surface area contributed by atoms with E-state index in [1.54, 1.807) is 11.3 Å². The molecule has 2 aromatic heterocycles. The predicted octanol–water partition coefficient (Wildman–Crippen LogP) is 3.67. The van der Waals surface area contributed by atoms with Crippen molar-refractivity contribution in [2.45, 2.75) is 58.5 Å². The van der Waals surface area contributed by atoms with Gasteiger partial charge in [-0.05, 0) is 26.7 Å². The van der Waals surface area contributed by atoms with Gasteiger partial charge in [-0.2, -0.15) is 0 Å². The highest BCUT2D eigenvalue weighted by atomic mass is 32.1. The fourth-order valence-electron chi connectivity index (χ4n) is 2.87. The number of rotatable bonds is 5. The zero-order valence-corrected chi connectivity index (χ0v) is 15.1. The molecule has 126 valence electrons. The summed E-state index contributed by atoms with van der Waals surface area (Å²) in [5, 5.41) is 6.98. The Balaban J connectivity index is 1.79. The molecule has 0 aliphatic carbocycles. The van der Waals surface area contributed by atoms with E-state index in [0.717, 1.165) is 54.1 Å². The smallest absolute Gasteiger partial charge is 0.197 e. The Morgan fingerprint density at radius 2 is 2.00 bits per heavy atom. The van der Waals surface area contributed by atoms with Crippen molar-refractivity contribution in [3.63, 3.8) is 0 Å². The third-order valence-electron chi connectivity index (χ3n) is 4.37. The monoisotopic (exact) mass is 335 g/mol. The maximum Gasteiger partial charge on any atom is 0.197 e. The first kappa shape index (κ1) is 16.6. The van der Waals surface area contributed by atoms with Crippen LogP contribution in [0, 0.1) is 13.8 Å². The van der Waals surface area contributed by atoms with Gasteiger partial charge in [0, 0.05) is 30.2 Å². The second-order valence-corrected chi connectivity index (χ2v) is 7.42. The maximum absolute atomic E-state index is 5.93. The highest BCUT2D eigenvalue weighted by Gasteiger charge is 2.37. The normalized spacial score (nSPS) is 17.8. The zero-order valence-electron chi connectivity index (χ0n) is 14.3. The average Bonchev–Trinajstić information content (AvgIpc) is 3.13. The number of nitrogens with one attached hydrogen (secondary N) is 1. The molecule has 0 saturated carbocycles. The SMILES string of the molecule is Cc1csc(C2(NCc3oc(C(C)C)nc3C)CCOCC2)n1. The number of oxazole rings is 1. The van der Waals surface area contributed by atoms with Crippen LogP contribution in [0.5, 0.6) is 0 Å². The van der Waals surface area contributed by atoms with Crippen LogP contribution >= 0.6 is 11.3 Å². The lowest BCUT2D eigenvalue weighted by atomic mass is 9.90. The first-order chi connectivity index (χ1) is 11.0. The van der Waals surface area contributed by atoms with Gasteiger partial charge in [0.2, 0.25) is 0 Å². The molecule has 0 spiro atoms. The quantitative estimate of drug-likeness (QED) is 0.903. The molecule has 0 amide bonds. The Bertz CT molecular complexity index is 657. The number of aryl methyl sites for hydroxylation is 2. The van der Waals surface area contributed by atoms with Crippen molar-refractivity contribution in [2.24, 2.45) is 0 Å². The fourth-order valence-corrected chi connectivity index (χ4v) is 3.90.